The zero-order chi connectivity index (χ0) is 18.0. The molecule has 0 bridgehead atoms. The van der Waals surface area contributed by atoms with Crippen molar-refractivity contribution in [2.45, 2.75) is 37.1 Å². The SMILES string of the molecule is CSCc1nc2ccccc2n1CC(=O)NC1(c2ccccc2)CCC1. The topological polar surface area (TPSA) is 46.9 Å². The lowest BCUT2D eigenvalue weighted by Gasteiger charge is -2.43. The summed E-state index contributed by atoms with van der Waals surface area (Å²) in [5.74, 6) is 1.81. The Bertz CT molecular complexity index is 915. The third kappa shape index (κ3) is 3.12. The van der Waals surface area contributed by atoms with Crippen molar-refractivity contribution in [2.24, 2.45) is 0 Å². The summed E-state index contributed by atoms with van der Waals surface area (Å²) in [5, 5.41) is 3.32. The summed E-state index contributed by atoms with van der Waals surface area (Å²) in [6, 6.07) is 18.4. The summed E-state index contributed by atoms with van der Waals surface area (Å²) in [4.78, 5) is 17.6. The first kappa shape index (κ1) is 17.2. The normalized spacial score (nSPS) is 15.6. The van der Waals surface area contributed by atoms with Gasteiger partial charge in [0.05, 0.1) is 22.3 Å². The minimum absolute atomic E-state index is 0.0547. The van der Waals surface area contributed by atoms with Crippen LogP contribution in [0.2, 0.25) is 0 Å². The number of carbonyl (C=O) groups is 1. The highest BCUT2D eigenvalue weighted by atomic mass is 32.2. The molecule has 1 aliphatic rings. The molecule has 3 aromatic rings. The van der Waals surface area contributed by atoms with Gasteiger partial charge in [0.1, 0.15) is 12.4 Å². The number of aromatic nitrogens is 2. The van der Waals surface area contributed by atoms with Crippen LogP contribution in [-0.4, -0.2) is 21.7 Å². The van der Waals surface area contributed by atoms with E-state index >= 15 is 0 Å². The van der Waals surface area contributed by atoms with Crippen LogP contribution in [0.25, 0.3) is 11.0 Å². The number of fused-ring (bicyclic) bond motifs is 1. The van der Waals surface area contributed by atoms with Gasteiger partial charge in [-0.25, -0.2) is 4.98 Å². The van der Waals surface area contributed by atoms with E-state index in [9.17, 15) is 4.79 Å². The molecule has 1 N–H and O–H groups in total. The van der Waals surface area contributed by atoms with Crippen LogP contribution in [0, 0.1) is 0 Å². The van der Waals surface area contributed by atoms with Crippen LogP contribution in [0.4, 0.5) is 0 Å². The molecule has 0 spiro atoms. The number of benzene rings is 2. The molecule has 0 atom stereocenters. The van der Waals surface area contributed by atoms with Crippen molar-refractivity contribution in [2.75, 3.05) is 6.26 Å². The van der Waals surface area contributed by atoms with Gasteiger partial charge in [0.15, 0.2) is 0 Å². The second-order valence-corrected chi connectivity index (χ2v) is 7.75. The molecule has 0 aliphatic heterocycles. The van der Waals surface area contributed by atoms with Crippen LogP contribution in [0.1, 0.15) is 30.7 Å². The fourth-order valence-electron chi connectivity index (χ4n) is 3.76. The van der Waals surface area contributed by atoms with E-state index in [1.165, 1.54) is 5.56 Å². The molecule has 1 fully saturated rings. The summed E-state index contributed by atoms with van der Waals surface area (Å²) < 4.78 is 2.05. The Balaban J connectivity index is 1.59. The van der Waals surface area contributed by atoms with Gasteiger partial charge in [-0.15, -0.1) is 0 Å². The Hall–Kier alpha value is -2.27. The molecule has 4 rings (SSSR count). The number of imidazole rings is 1. The summed E-state index contributed by atoms with van der Waals surface area (Å²) >= 11 is 1.72. The second kappa shape index (κ2) is 7.16. The highest BCUT2D eigenvalue weighted by Crippen LogP contribution is 2.41. The first-order valence-electron chi connectivity index (χ1n) is 9.01. The van der Waals surface area contributed by atoms with Gasteiger partial charge in [0.25, 0.3) is 0 Å². The molecule has 134 valence electrons. The van der Waals surface area contributed by atoms with Crippen molar-refractivity contribution in [1.29, 1.82) is 0 Å². The summed E-state index contributed by atoms with van der Waals surface area (Å²) in [6.07, 6.45) is 5.22. The fraction of sp³-hybridized carbons (Fsp3) is 0.333. The highest BCUT2D eigenvalue weighted by molar-refractivity contribution is 7.97. The lowest BCUT2D eigenvalue weighted by Crippen LogP contribution is -2.51. The van der Waals surface area contributed by atoms with Crippen molar-refractivity contribution >= 4 is 28.7 Å². The molecule has 0 unspecified atom stereocenters. The van der Waals surface area contributed by atoms with Crippen molar-refractivity contribution in [3.63, 3.8) is 0 Å². The molecule has 0 radical (unpaired) electrons. The summed E-state index contributed by atoms with van der Waals surface area (Å²) in [5.41, 5.74) is 2.98. The maximum absolute atomic E-state index is 12.9. The van der Waals surface area contributed by atoms with E-state index in [-0.39, 0.29) is 11.4 Å². The number of nitrogens with one attached hydrogen (secondary N) is 1. The number of amides is 1. The molecule has 2 aromatic carbocycles. The molecule has 1 amide bonds. The summed E-state index contributed by atoms with van der Waals surface area (Å²) in [7, 11) is 0. The van der Waals surface area contributed by atoms with Crippen molar-refractivity contribution in [3.05, 3.63) is 66.0 Å². The first-order valence-corrected chi connectivity index (χ1v) is 10.4. The van der Waals surface area contributed by atoms with E-state index in [1.54, 1.807) is 11.8 Å². The van der Waals surface area contributed by atoms with Gasteiger partial charge < -0.3 is 9.88 Å². The van der Waals surface area contributed by atoms with Crippen molar-refractivity contribution < 1.29 is 4.79 Å². The molecule has 5 heteroatoms. The zero-order valence-electron chi connectivity index (χ0n) is 14.9. The average Bonchev–Trinajstić information content (AvgIpc) is 2.97. The van der Waals surface area contributed by atoms with E-state index in [0.29, 0.717) is 6.54 Å². The standard InChI is InChI=1S/C21H23N3OS/c1-26-15-19-22-17-10-5-6-11-18(17)24(19)14-20(25)23-21(12-7-13-21)16-8-3-2-4-9-16/h2-6,8-11H,7,12-15H2,1H3,(H,23,25). The number of carbonyl (C=O) groups excluding carboxylic acids is 1. The van der Waals surface area contributed by atoms with Crippen LogP contribution in [0.3, 0.4) is 0 Å². The number of rotatable bonds is 6. The molecule has 26 heavy (non-hydrogen) atoms. The Kier molecular flexibility index (Phi) is 4.72. The first-order chi connectivity index (χ1) is 12.7. The predicted molar refractivity (Wildman–Crippen MR) is 107 cm³/mol. The van der Waals surface area contributed by atoms with E-state index in [2.05, 4.69) is 28.3 Å². The van der Waals surface area contributed by atoms with Crippen LogP contribution in [0.15, 0.2) is 54.6 Å². The minimum atomic E-state index is -0.200. The Labute approximate surface area is 158 Å². The Morgan fingerprint density at radius 2 is 1.88 bits per heavy atom. The van der Waals surface area contributed by atoms with Gasteiger partial charge in [-0.1, -0.05) is 42.5 Å². The predicted octanol–water partition coefficient (Wildman–Crippen LogP) is 4.09. The maximum Gasteiger partial charge on any atom is 0.240 e. The lowest BCUT2D eigenvalue weighted by atomic mass is 9.72. The van der Waals surface area contributed by atoms with E-state index < -0.39 is 0 Å². The molecule has 1 heterocycles. The van der Waals surface area contributed by atoms with E-state index in [1.807, 2.05) is 42.5 Å². The number of hydrogen-bond acceptors (Lipinski definition) is 3. The third-order valence-electron chi connectivity index (χ3n) is 5.22. The zero-order valence-corrected chi connectivity index (χ0v) is 15.8. The minimum Gasteiger partial charge on any atom is -0.345 e. The number of thioether (sulfide) groups is 1. The molecule has 1 saturated carbocycles. The van der Waals surface area contributed by atoms with E-state index in [0.717, 1.165) is 41.9 Å². The molecule has 0 saturated heterocycles. The second-order valence-electron chi connectivity index (χ2n) is 6.89. The van der Waals surface area contributed by atoms with Gasteiger partial charge in [0, 0.05) is 0 Å². The summed E-state index contributed by atoms with van der Waals surface area (Å²) in [6.45, 7) is 0.311. The molecule has 4 nitrogen and oxygen atoms in total. The van der Waals surface area contributed by atoms with E-state index in [4.69, 9.17) is 4.98 Å². The lowest BCUT2D eigenvalue weighted by molar-refractivity contribution is -0.124. The Morgan fingerprint density at radius 1 is 1.15 bits per heavy atom. The third-order valence-corrected chi connectivity index (χ3v) is 5.77. The van der Waals surface area contributed by atoms with Crippen LogP contribution >= 0.6 is 11.8 Å². The molecule has 1 aliphatic carbocycles. The number of hydrogen-bond donors (Lipinski definition) is 1. The van der Waals surface area contributed by atoms with Gasteiger partial charge >= 0.3 is 0 Å². The largest absolute Gasteiger partial charge is 0.345 e. The van der Waals surface area contributed by atoms with Gasteiger partial charge in [-0.2, -0.15) is 11.8 Å². The maximum atomic E-state index is 12.9. The number of nitrogens with zero attached hydrogens (tertiary/aromatic N) is 2. The molecular formula is C21H23N3OS. The van der Waals surface area contributed by atoms with Crippen LogP contribution in [0.5, 0.6) is 0 Å². The fourth-order valence-corrected chi connectivity index (χ4v) is 4.24. The Morgan fingerprint density at radius 3 is 2.58 bits per heavy atom. The number of para-hydroxylation sites is 2. The molecular weight excluding hydrogens is 342 g/mol. The van der Waals surface area contributed by atoms with Crippen molar-refractivity contribution in [1.82, 2.24) is 14.9 Å². The smallest absolute Gasteiger partial charge is 0.240 e. The van der Waals surface area contributed by atoms with Crippen LogP contribution in [-0.2, 0) is 22.6 Å². The van der Waals surface area contributed by atoms with Gasteiger partial charge in [0.2, 0.25) is 5.91 Å². The quantitative estimate of drug-likeness (QED) is 0.715. The highest BCUT2D eigenvalue weighted by Gasteiger charge is 2.39. The van der Waals surface area contributed by atoms with Crippen LogP contribution < -0.4 is 5.32 Å². The van der Waals surface area contributed by atoms with Gasteiger partial charge in [-0.3, -0.25) is 4.79 Å². The van der Waals surface area contributed by atoms with Crippen molar-refractivity contribution in [3.8, 4) is 0 Å². The van der Waals surface area contributed by atoms with Gasteiger partial charge in [-0.05, 0) is 43.2 Å². The molecule has 1 aromatic heterocycles. The monoisotopic (exact) mass is 365 g/mol. The average molecular weight is 366 g/mol.